The molecule has 9 heteroatoms. The Morgan fingerprint density at radius 3 is 2.03 bits per heavy atom. The van der Waals surface area contributed by atoms with E-state index < -0.39 is 45.5 Å². The molecule has 0 heterocycles. The van der Waals surface area contributed by atoms with Gasteiger partial charge in [0, 0.05) is 0 Å². The molecule has 2 aromatic carbocycles. The SMILES string of the molecule is CC[C@H](NC(=O)[C@H](CC(C)C)NC(=O)OCc1ccccc1)C(=O)CS(=O)(=O)c1ccccc1. The molecule has 184 valence electrons. The Balaban J connectivity index is 2.01. The summed E-state index contributed by atoms with van der Waals surface area (Å²) >= 11 is 0. The van der Waals surface area contributed by atoms with E-state index in [0.29, 0.717) is 6.42 Å². The van der Waals surface area contributed by atoms with Gasteiger partial charge in [0.2, 0.25) is 5.91 Å². The smallest absolute Gasteiger partial charge is 0.408 e. The van der Waals surface area contributed by atoms with Gasteiger partial charge in [-0.15, -0.1) is 0 Å². The fourth-order valence-corrected chi connectivity index (χ4v) is 4.61. The molecule has 0 aliphatic heterocycles. The molecule has 2 N–H and O–H groups in total. The lowest BCUT2D eigenvalue weighted by Crippen LogP contribution is -2.52. The lowest BCUT2D eigenvalue weighted by molar-refractivity contribution is -0.128. The van der Waals surface area contributed by atoms with Crippen LogP contribution in [0.1, 0.15) is 39.2 Å². The zero-order chi connectivity index (χ0) is 25.1. The number of alkyl carbamates (subject to hydrolysis) is 1. The minimum Gasteiger partial charge on any atom is -0.445 e. The van der Waals surface area contributed by atoms with Crippen LogP contribution in [0.4, 0.5) is 4.79 Å². The van der Waals surface area contributed by atoms with E-state index in [-0.39, 0.29) is 23.8 Å². The summed E-state index contributed by atoms with van der Waals surface area (Å²) in [5.74, 6) is -1.84. The highest BCUT2D eigenvalue weighted by molar-refractivity contribution is 7.92. The number of ether oxygens (including phenoxy) is 1. The van der Waals surface area contributed by atoms with Crippen molar-refractivity contribution in [2.45, 2.75) is 57.2 Å². The molecule has 2 atom stereocenters. The molecule has 2 rings (SSSR count). The van der Waals surface area contributed by atoms with E-state index >= 15 is 0 Å². The van der Waals surface area contributed by atoms with Gasteiger partial charge in [-0.1, -0.05) is 69.3 Å². The molecule has 0 unspecified atom stereocenters. The van der Waals surface area contributed by atoms with Crippen LogP contribution in [0.2, 0.25) is 0 Å². The summed E-state index contributed by atoms with van der Waals surface area (Å²) in [5, 5.41) is 5.16. The van der Waals surface area contributed by atoms with Crippen molar-refractivity contribution in [1.29, 1.82) is 0 Å². The van der Waals surface area contributed by atoms with Gasteiger partial charge in [-0.05, 0) is 36.5 Å². The minimum absolute atomic E-state index is 0.0463. The first kappa shape index (κ1) is 27.0. The molecule has 0 saturated heterocycles. The zero-order valence-corrected chi connectivity index (χ0v) is 20.5. The average Bonchev–Trinajstić information content (AvgIpc) is 2.81. The maximum atomic E-state index is 12.9. The van der Waals surface area contributed by atoms with Crippen molar-refractivity contribution in [3.8, 4) is 0 Å². The molecule has 0 radical (unpaired) electrons. The van der Waals surface area contributed by atoms with Crippen LogP contribution in [0.5, 0.6) is 0 Å². The summed E-state index contributed by atoms with van der Waals surface area (Å²) in [6.45, 7) is 5.52. The number of rotatable bonds is 12. The van der Waals surface area contributed by atoms with Gasteiger partial charge in [-0.2, -0.15) is 0 Å². The van der Waals surface area contributed by atoms with Gasteiger partial charge in [0.1, 0.15) is 18.4 Å². The number of benzene rings is 2. The third kappa shape index (κ3) is 8.62. The third-order valence-electron chi connectivity index (χ3n) is 5.08. The molecule has 0 aliphatic rings. The van der Waals surface area contributed by atoms with E-state index in [1.807, 2.05) is 44.2 Å². The Kier molecular flexibility index (Phi) is 10.2. The van der Waals surface area contributed by atoms with E-state index in [2.05, 4.69) is 10.6 Å². The molecule has 0 aliphatic carbocycles. The highest BCUT2D eigenvalue weighted by Gasteiger charge is 2.29. The second-order valence-corrected chi connectivity index (χ2v) is 10.4. The first-order valence-corrected chi connectivity index (χ1v) is 12.9. The van der Waals surface area contributed by atoms with Crippen molar-refractivity contribution >= 4 is 27.6 Å². The molecule has 0 saturated carbocycles. The molecule has 2 aromatic rings. The quantitative estimate of drug-likeness (QED) is 0.473. The molecule has 0 spiro atoms. The van der Waals surface area contributed by atoms with E-state index in [1.165, 1.54) is 12.1 Å². The summed E-state index contributed by atoms with van der Waals surface area (Å²) in [7, 11) is -3.83. The second-order valence-electron chi connectivity index (χ2n) is 8.40. The van der Waals surface area contributed by atoms with Gasteiger partial charge in [-0.25, -0.2) is 13.2 Å². The van der Waals surface area contributed by atoms with Crippen LogP contribution >= 0.6 is 0 Å². The van der Waals surface area contributed by atoms with E-state index in [4.69, 9.17) is 4.74 Å². The summed E-state index contributed by atoms with van der Waals surface area (Å²) in [4.78, 5) is 38.0. The molecule has 2 amide bonds. The van der Waals surface area contributed by atoms with Crippen molar-refractivity contribution < 1.29 is 27.5 Å². The monoisotopic (exact) mass is 488 g/mol. The van der Waals surface area contributed by atoms with Crippen LogP contribution in [-0.2, 0) is 30.8 Å². The number of carbonyl (C=O) groups is 3. The van der Waals surface area contributed by atoms with Gasteiger partial charge >= 0.3 is 6.09 Å². The van der Waals surface area contributed by atoms with E-state index in [0.717, 1.165) is 5.56 Å². The van der Waals surface area contributed by atoms with Gasteiger partial charge in [0.25, 0.3) is 0 Å². The molecular weight excluding hydrogens is 456 g/mol. The molecular formula is C25H32N2O6S. The summed E-state index contributed by atoms with van der Waals surface area (Å²) in [6.07, 6.45) is -0.225. The van der Waals surface area contributed by atoms with Crippen LogP contribution in [0, 0.1) is 5.92 Å². The molecule has 0 aromatic heterocycles. The van der Waals surface area contributed by atoms with Crippen molar-refractivity contribution in [3.63, 3.8) is 0 Å². The number of nitrogens with one attached hydrogen (secondary N) is 2. The predicted octanol–water partition coefficient (Wildman–Crippen LogP) is 3.27. The number of carbonyl (C=O) groups excluding carboxylic acids is 3. The van der Waals surface area contributed by atoms with Crippen molar-refractivity contribution in [3.05, 3.63) is 66.2 Å². The van der Waals surface area contributed by atoms with E-state index in [1.54, 1.807) is 25.1 Å². The van der Waals surface area contributed by atoms with Crippen LogP contribution < -0.4 is 10.6 Å². The predicted molar refractivity (Wildman–Crippen MR) is 129 cm³/mol. The Morgan fingerprint density at radius 1 is 0.882 bits per heavy atom. The Bertz CT molecular complexity index is 1060. The molecule has 0 bridgehead atoms. The highest BCUT2D eigenvalue weighted by Crippen LogP contribution is 2.12. The second kappa shape index (κ2) is 12.9. The number of sulfone groups is 1. The average molecular weight is 489 g/mol. The Morgan fingerprint density at radius 2 is 1.47 bits per heavy atom. The fourth-order valence-electron chi connectivity index (χ4n) is 3.29. The largest absolute Gasteiger partial charge is 0.445 e. The van der Waals surface area contributed by atoms with E-state index in [9.17, 15) is 22.8 Å². The number of hydrogen-bond acceptors (Lipinski definition) is 6. The van der Waals surface area contributed by atoms with Crippen LogP contribution in [0.25, 0.3) is 0 Å². The standard InChI is InChI=1S/C25H32N2O6S/c1-4-21(23(28)17-34(31,32)20-13-9-6-10-14-20)26-24(29)22(15-18(2)3)27-25(30)33-16-19-11-7-5-8-12-19/h5-14,18,21-22H,4,15-17H2,1-3H3,(H,26,29)(H,27,30)/t21-,22-/m0/s1. The normalized spacial score (nSPS) is 13.1. The first-order valence-electron chi connectivity index (χ1n) is 11.2. The lowest BCUT2D eigenvalue weighted by atomic mass is 10.0. The lowest BCUT2D eigenvalue weighted by Gasteiger charge is -2.23. The third-order valence-corrected chi connectivity index (χ3v) is 6.73. The van der Waals surface area contributed by atoms with Gasteiger partial charge in [-0.3, -0.25) is 9.59 Å². The van der Waals surface area contributed by atoms with Crippen molar-refractivity contribution in [2.75, 3.05) is 5.75 Å². The van der Waals surface area contributed by atoms with Crippen LogP contribution in [0.15, 0.2) is 65.6 Å². The maximum absolute atomic E-state index is 12.9. The van der Waals surface area contributed by atoms with Crippen molar-refractivity contribution in [1.82, 2.24) is 10.6 Å². The molecule has 8 nitrogen and oxygen atoms in total. The van der Waals surface area contributed by atoms with Crippen LogP contribution in [-0.4, -0.2) is 44.0 Å². The van der Waals surface area contributed by atoms with Gasteiger partial charge < -0.3 is 15.4 Å². The summed E-state index contributed by atoms with van der Waals surface area (Å²) in [5.41, 5.74) is 0.804. The summed E-state index contributed by atoms with van der Waals surface area (Å²) in [6, 6.07) is 14.9. The Hall–Kier alpha value is -3.20. The number of amides is 2. The number of hydrogen-bond donors (Lipinski definition) is 2. The van der Waals surface area contributed by atoms with Crippen LogP contribution in [0.3, 0.4) is 0 Å². The molecule has 0 fully saturated rings. The van der Waals surface area contributed by atoms with Crippen molar-refractivity contribution in [2.24, 2.45) is 5.92 Å². The zero-order valence-electron chi connectivity index (χ0n) is 19.7. The Labute approximate surface area is 201 Å². The minimum atomic E-state index is -3.83. The number of ketones is 1. The summed E-state index contributed by atoms with van der Waals surface area (Å²) < 4.78 is 30.3. The highest BCUT2D eigenvalue weighted by atomic mass is 32.2. The topological polar surface area (TPSA) is 119 Å². The fraction of sp³-hybridized carbons (Fsp3) is 0.400. The molecule has 34 heavy (non-hydrogen) atoms. The van der Waals surface area contributed by atoms with Gasteiger partial charge in [0.15, 0.2) is 15.6 Å². The first-order chi connectivity index (χ1) is 16.1. The van der Waals surface area contributed by atoms with Gasteiger partial charge in [0.05, 0.1) is 10.9 Å². The number of Topliss-reactive ketones (excluding diaryl/α,β-unsaturated/α-hetero) is 1. The maximum Gasteiger partial charge on any atom is 0.408 e.